The van der Waals surface area contributed by atoms with Gasteiger partial charge in [-0.05, 0) is 16.8 Å². The standard InChI is InChI=1S/C10H13N7O4/c1-2-21-10-13-9(14-15-10)12-8(18)3-4-16-5-7(11-6-16)17(19)20/h5-6H,2-4H2,1H3,(H2,12,13,14,15,18). The summed E-state index contributed by atoms with van der Waals surface area (Å²) in [5.41, 5.74) is 0. The lowest BCUT2D eigenvalue weighted by Crippen LogP contribution is -2.15. The van der Waals surface area contributed by atoms with E-state index in [1.54, 1.807) is 6.92 Å². The van der Waals surface area contributed by atoms with Crippen LogP contribution in [-0.2, 0) is 11.3 Å². The zero-order valence-electron chi connectivity index (χ0n) is 11.1. The third-order valence-corrected chi connectivity index (χ3v) is 2.40. The van der Waals surface area contributed by atoms with Gasteiger partial charge in [-0.3, -0.25) is 10.1 Å². The first-order valence-electron chi connectivity index (χ1n) is 6.09. The zero-order valence-corrected chi connectivity index (χ0v) is 11.1. The summed E-state index contributed by atoms with van der Waals surface area (Å²) in [6.45, 7) is 2.47. The second-order valence-electron chi connectivity index (χ2n) is 3.92. The van der Waals surface area contributed by atoms with Crippen LogP contribution >= 0.6 is 0 Å². The van der Waals surface area contributed by atoms with Crippen LogP contribution in [0, 0.1) is 10.1 Å². The number of carbonyl (C=O) groups excluding carboxylic acids is 1. The maximum Gasteiger partial charge on any atom is 0.381 e. The number of nitrogens with zero attached hydrogens (tertiary/aromatic N) is 5. The molecule has 0 fully saturated rings. The van der Waals surface area contributed by atoms with Gasteiger partial charge in [-0.25, -0.2) is 5.10 Å². The predicted octanol–water partition coefficient (Wildman–Crippen LogP) is 0.337. The van der Waals surface area contributed by atoms with Crippen molar-refractivity contribution >= 4 is 17.7 Å². The number of hydrogen-bond acceptors (Lipinski definition) is 7. The number of amides is 1. The Hall–Kier alpha value is -2.98. The fourth-order valence-corrected chi connectivity index (χ4v) is 1.49. The smallest absolute Gasteiger partial charge is 0.381 e. The van der Waals surface area contributed by atoms with Crippen molar-refractivity contribution in [2.75, 3.05) is 11.9 Å². The fraction of sp³-hybridized carbons (Fsp3) is 0.400. The van der Waals surface area contributed by atoms with Gasteiger partial charge in [-0.2, -0.15) is 4.98 Å². The molecule has 0 radical (unpaired) electrons. The Kier molecular flexibility index (Phi) is 4.43. The quantitative estimate of drug-likeness (QED) is 0.554. The van der Waals surface area contributed by atoms with E-state index in [2.05, 4.69) is 25.5 Å². The van der Waals surface area contributed by atoms with Crippen LogP contribution in [0.5, 0.6) is 6.01 Å². The lowest BCUT2D eigenvalue weighted by atomic mass is 10.4. The highest BCUT2D eigenvalue weighted by atomic mass is 16.6. The van der Waals surface area contributed by atoms with Crippen LogP contribution in [-0.4, -0.2) is 42.2 Å². The molecular formula is C10H13N7O4. The van der Waals surface area contributed by atoms with Crippen LogP contribution in [0.1, 0.15) is 13.3 Å². The van der Waals surface area contributed by atoms with Crippen molar-refractivity contribution in [3.05, 3.63) is 22.6 Å². The summed E-state index contributed by atoms with van der Waals surface area (Å²) in [6, 6.07) is 0.151. The van der Waals surface area contributed by atoms with Gasteiger partial charge in [0.15, 0.2) is 0 Å². The van der Waals surface area contributed by atoms with Gasteiger partial charge in [0.25, 0.3) is 0 Å². The minimum Gasteiger partial charge on any atom is -0.463 e. The van der Waals surface area contributed by atoms with Gasteiger partial charge in [-0.15, -0.1) is 5.10 Å². The number of hydrogen-bond donors (Lipinski definition) is 2. The highest BCUT2D eigenvalue weighted by Gasteiger charge is 2.12. The molecule has 1 amide bonds. The molecule has 0 bridgehead atoms. The molecular weight excluding hydrogens is 282 g/mol. The van der Waals surface area contributed by atoms with Crippen LogP contribution in [0.2, 0.25) is 0 Å². The molecule has 0 aliphatic heterocycles. The molecule has 0 spiro atoms. The molecule has 0 saturated carbocycles. The van der Waals surface area contributed by atoms with E-state index in [0.717, 1.165) is 0 Å². The molecule has 11 heteroatoms. The maximum absolute atomic E-state index is 11.7. The van der Waals surface area contributed by atoms with Gasteiger partial charge < -0.3 is 19.4 Å². The minimum atomic E-state index is -0.597. The molecule has 2 heterocycles. The topological polar surface area (TPSA) is 141 Å². The molecule has 0 unspecified atom stereocenters. The predicted molar refractivity (Wildman–Crippen MR) is 69.7 cm³/mol. The molecule has 0 aliphatic carbocycles. The molecule has 11 nitrogen and oxygen atoms in total. The van der Waals surface area contributed by atoms with E-state index in [-0.39, 0.29) is 36.6 Å². The van der Waals surface area contributed by atoms with Gasteiger partial charge >= 0.3 is 11.8 Å². The van der Waals surface area contributed by atoms with Gasteiger partial charge in [0, 0.05) is 13.0 Å². The van der Waals surface area contributed by atoms with Gasteiger partial charge in [0.1, 0.15) is 6.20 Å². The molecule has 0 aliphatic rings. The van der Waals surface area contributed by atoms with Crippen LogP contribution < -0.4 is 10.1 Å². The fourth-order valence-electron chi connectivity index (χ4n) is 1.49. The first kappa shape index (κ1) is 14.4. The van der Waals surface area contributed by atoms with Crippen molar-refractivity contribution in [2.24, 2.45) is 0 Å². The number of aromatic nitrogens is 5. The zero-order chi connectivity index (χ0) is 15.2. The summed E-state index contributed by atoms with van der Waals surface area (Å²) in [5.74, 6) is -0.391. The van der Waals surface area contributed by atoms with Crippen molar-refractivity contribution in [2.45, 2.75) is 19.9 Å². The molecule has 2 aromatic rings. The molecule has 2 rings (SSSR count). The molecule has 0 aromatic carbocycles. The number of aromatic amines is 1. The Morgan fingerprint density at radius 1 is 1.62 bits per heavy atom. The minimum absolute atomic E-state index is 0.109. The van der Waals surface area contributed by atoms with Crippen molar-refractivity contribution < 1.29 is 14.5 Å². The maximum atomic E-state index is 11.7. The summed E-state index contributed by atoms with van der Waals surface area (Å²) in [6.07, 6.45) is 2.67. The van der Waals surface area contributed by atoms with Crippen molar-refractivity contribution in [1.29, 1.82) is 0 Å². The van der Waals surface area contributed by atoms with Crippen LogP contribution in [0.25, 0.3) is 0 Å². The Morgan fingerprint density at radius 3 is 3.10 bits per heavy atom. The Labute approximate surface area is 118 Å². The SMILES string of the molecule is CCOc1n[nH]c(NC(=O)CCn2cnc([N+](=O)[O-])c2)n1. The first-order chi connectivity index (χ1) is 10.1. The van der Waals surface area contributed by atoms with Gasteiger partial charge in [-0.1, -0.05) is 0 Å². The van der Waals surface area contributed by atoms with E-state index in [1.807, 2.05) is 0 Å². The summed E-state index contributed by atoms with van der Waals surface area (Å²) >= 11 is 0. The number of H-pyrrole nitrogens is 1. The number of carbonyl (C=O) groups is 1. The average molecular weight is 295 g/mol. The lowest BCUT2D eigenvalue weighted by Gasteiger charge is -2.01. The summed E-state index contributed by atoms with van der Waals surface area (Å²) < 4.78 is 6.50. The van der Waals surface area contributed by atoms with Crippen molar-refractivity contribution in [1.82, 2.24) is 24.7 Å². The largest absolute Gasteiger partial charge is 0.463 e. The molecule has 0 saturated heterocycles. The number of ether oxygens (including phenoxy) is 1. The number of aryl methyl sites for hydroxylation is 1. The molecule has 2 aromatic heterocycles. The third-order valence-electron chi connectivity index (χ3n) is 2.40. The molecule has 112 valence electrons. The third kappa shape index (κ3) is 3.99. The normalized spacial score (nSPS) is 10.3. The van der Waals surface area contributed by atoms with E-state index in [4.69, 9.17) is 4.74 Å². The van der Waals surface area contributed by atoms with Gasteiger partial charge in [0.05, 0.1) is 6.61 Å². The lowest BCUT2D eigenvalue weighted by molar-refractivity contribution is -0.389. The first-order valence-corrected chi connectivity index (χ1v) is 6.09. The second-order valence-corrected chi connectivity index (χ2v) is 3.92. The Balaban J connectivity index is 1.82. The monoisotopic (exact) mass is 295 g/mol. The van der Waals surface area contributed by atoms with E-state index in [0.29, 0.717) is 6.61 Å². The number of nitrogens with one attached hydrogen (secondary N) is 2. The molecule has 21 heavy (non-hydrogen) atoms. The van der Waals surface area contributed by atoms with E-state index in [9.17, 15) is 14.9 Å². The Bertz CT molecular complexity index is 635. The highest BCUT2D eigenvalue weighted by molar-refractivity contribution is 5.88. The molecule has 2 N–H and O–H groups in total. The van der Waals surface area contributed by atoms with E-state index in [1.165, 1.54) is 17.1 Å². The van der Waals surface area contributed by atoms with E-state index >= 15 is 0 Å². The average Bonchev–Trinajstić information content (AvgIpc) is 3.06. The summed E-state index contributed by atoms with van der Waals surface area (Å²) in [5, 5.41) is 19.2. The number of anilines is 1. The summed E-state index contributed by atoms with van der Waals surface area (Å²) in [7, 11) is 0. The summed E-state index contributed by atoms with van der Waals surface area (Å²) in [4.78, 5) is 29.0. The van der Waals surface area contributed by atoms with Crippen molar-refractivity contribution in [3.63, 3.8) is 0 Å². The number of rotatable bonds is 7. The second kappa shape index (κ2) is 6.45. The van der Waals surface area contributed by atoms with Crippen LogP contribution in [0.3, 0.4) is 0 Å². The van der Waals surface area contributed by atoms with Crippen LogP contribution in [0.15, 0.2) is 12.5 Å². The number of nitro groups is 1. The van der Waals surface area contributed by atoms with Crippen molar-refractivity contribution in [3.8, 4) is 6.01 Å². The molecule has 0 atom stereocenters. The number of imidazole rings is 1. The van der Waals surface area contributed by atoms with Gasteiger partial charge in [0.2, 0.25) is 18.2 Å². The Morgan fingerprint density at radius 2 is 2.43 bits per heavy atom. The van der Waals surface area contributed by atoms with Crippen LogP contribution in [0.4, 0.5) is 11.8 Å². The highest BCUT2D eigenvalue weighted by Crippen LogP contribution is 2.08. The van der Waals surface area contributed by atoms with E-state index < -0.39 is 4.92 Å².